The van der Waals surface area contributed by atoms with Gasteiger partial charge in [-0.25, -0.2) is 4.79 Å². The van der Waals surface area contributed by atoms with Crippen molar-refractivity contribution < 1.29 is 15.0 Å². The van der Waals surface area contributed by atoms with E-state index in [9.17, 15) is 9.90 Å². The molecule has 1 unspecified atom stereocenters. The van der Waals surface area contributed by atoms with Crippen LogP contribution >= 0.6 is 0 Å². The maximum atomic E-state index is 10.7. The number of aromatic carboxylic acids is 1. The number of aliphatic hydroxyl groups is 1. The van der Waals surface area contributed by atoms with Crippen LogP contribution < -0.4 is 5.73 Å². The van der Waals surface area contributed by atoms with Crippen molar-refractivity contribution in [2.75, 3.05) is 0 Å². The lowest BCUT2D eigenvalue weighted by molar-refractivity contribution is 0.0697. The second kappa shape index (κ2) is 5.80. The fraction of sp³-hybridized carbons (Fsp3) is 0.462. The van der Waals surface area contributed by atoms with Gasteiger partial charge in [-0.05, 0) is 23.6 Å². The topological polar surface area (TPSA) is 83.5 Å². The molecule has 0 saturated heterocycles. The number of aliphatic hydroxyl groups excluding tert-OH is 1. The monoisotopic (exact) mass is 237 g/mol. The zero-order valence-electron chi connectivity index (χ0n) is 10.1. The largest absolute Gasteiger partial charge is 0.478 e. The molecule has 1 aromatic carbocycles. The zero-order chi connectivity index (χ0) is 13.0. The normalized spacial score (nSPS) is 16.2. The molecule has 0 radical (unpaired) electrons. The van der Waals surface area contributed by atoms with E-state index in [1.165, 1.54) is 12.1 Å². The van der Waals surface area contributed by atoms with Gasteiger partial charge >= 0.3 is 5.97 Å². The van der Waals surface area contributed by atoms with E-state index in [0.717, 1.165) is 12.0 Å². The van der Waals surface area contributed by atoms with Gasteiger partial charge in [0.05, 0.1) is 17.7 Å². The summed E-state index contributed by atoms with van der Waals surface area (Å²) in [4.78, 5) is 10.7. The molecule has 4 N–H and O–H groups in total. The number of carboxylic acid groups (broad SMARTS) is 1. The summed E-state index contributed by atoms with van der Waals surface area (Å²) in [7, 11) is 0. The fourth-order valence-electron chi connectivity index (χ4n) is 1.64. The fourth-order valence-corrected chi connectivity index (χ4v) is 1.64. The van der Waals surface area contributed by atoms with Crippen LogP contribution in [0.2, 0.25) is 0 Å². The third kappa shape index (κ3) is 3.28. The quantitative estimate of drug-likeness (QED) is 0.729. The third-order valence-electron chi connectivity index (χ3n) is 3.14. The molecule has 94 valence electrons. The highest BCUT2D eigenvalue weighted by molar-refractivity contribution is 5.87. The van der Waals surface area contributed by atoms with E-state index in [2.05, 4.69) is 0 Å². The molecule has 0 spiro atoms. The number of nitrogens with two attached hydrogens (primary N) is 1. The first-order valence-corrected chi connectivity index (χ1v) is 5.74. The molecule has 3 atom stereocenters. The summed E-state index contributed by atoms with van der Waals surface area (Å²) < 4.78 is 0. The van der Waals surface area contributed by atoms with Crippen LogP contribution in [0.15, 0.2) is 24.3 Å². The average molecular weight is 237 g/mol. The maximum absolute atomic E-state index is 10.7. The summed E-state index contributed by atoms with van der Waals surface area (Å²) in [6.45, 7) is 3.93. The number of hydrogen-bond donors (Lipinski definition) is 3. The van der Waals surface area contributed by atoms with Gasteiger partial charge in [0, 0.05) is 0 Å². The Morgan fingerprint density at radius 2 is 1.88 bits per heavy atom. The summed E-state index contributed by atoms with van der Waals surface area (Å²) in [5.41, 5.74) is 6.92. The molecule has 0 aliphatic rings. The summed E-state index contributed by atoms with van der Waals surface area (Å²) in [5, 5.41) is 18.7. The van der Waals surface area contributed by atoms with Gasteiger partial charge in [0.25, 0.3) is 0 Å². The Labute approximate surface area is 101 Å². The van der Waals surface area contributed by atoms with E-state index >= 15 is 0 Å². The lowest BCUT2D eigenvalue weighted by Crippen LogP contribution is -2.31. The molecular weight excluding hydrogens is 218 g/mol. The van der Waals surface area contributed by atoms with Crippen molar-refractivity contribution in [1.29, 1.82) is 0 Å². The molecule has 0 aliphatic carbocycles. The summed E-state index contributed by atoms with van der Waals surface area (Å²) in [6.07, 6.45) is 0.234. The van der Waals surface area contributed by atoms with E-state index < -0.39 is 18.1 Å². The van der Waals surface area contributed by atoms with Crippen LogP contribution in [0.1, 0.15) is 42.2 Å². The molecule has 0 heterocycles. The molecule has 1 aromatic rings. The van der Waals surface area contributed by atoms with Crippen molar-refractivity contribution in [3.63, 3.8) is 0 Å². The summed E-state index contributed by atoms with van der Waals surface area (Å²) in [5.74, 6) is -0.850. The van der Waals surface area contributed by atoms with Gasteiger partial charge in [0.2, 0.25) is 0 Å². The summed E-state index contributed by atoms with van der Waals surface area (Å²) in [6, 6.07) is 5.83. The molecule has 1 rings (SSSR count). The minimum Gasteiger partial charge on any atom is -0.478 e. The highest BCUT2D eigenvalue weighted by atomic mass is 16.4. The molecule has 0 amide bonds. The predicted molar refractivity (Wildman–Crippen MR) is 65.8 cm³/mol. The Bertz CT molecular complexity index is 375. The minimum absolute atomic E-state index is 0.115. The molecule has 4 nitrogen and oxygen atoms in total. The first kappa shape index (κ1) is 13.7. The third-order valence-corrected chi connectivity index (χ3v) is 3.14. The van der Waals surface area contributed by atoms with Crippen LogP contribution in [0.3, 0.4) is 0 Å². The van der Waals surface area contributed by atoms with Crippen LogP contribution in [-0.4, -0.2) is 22.3 Å². The van der Waals surface area contributed by atoms with Crippen molar-refractivity contribution in [1.82, 2.24) is 0 Å². The van der Waals surface area contributed by atoms with Crippen molar-refractivity contribution in [3.8, 4) is 0 Å². The van der Waals surface area contributed by atoms with Crippen molar-refractivity contribution in [2.24, 2.45) is 11.7 Å². The number of rotatable bonds is 5. The second-order valence-corrected chi connectivity index (χ2v) is 4.33. The molecule has 0 fully saturated rings. The molecule has 0 bridgehead atoms. The summed E-state index contributed by atoms with van der Waals surface area (Å²) >= 11 is 0. The minimum atomic E-state index is -0.965. The Hall–Kier alpha value is -1.39. The van der Waals surface area contributed by atoms with Gasteiger partial charge < -0.3 is 15.9 Å². The molecule has 0 saturated carbocycles. The Kier molecular flexibility index (Phi) is 4.66. The van der Waals surface area contributed by atoms with E-state index in [0.29, 0.717) is 0 Å². The Balaban J connectivity index is 2.82. The average Bonchev–Trinajstić information content (AvgIpc) is 2.36. The van der Waals surface area contributed by atoms with Gasteiger partial charge in [-0.2, -0.15) is 0 Å². The van der Waals surface area contributed by atoms with Gasteiger partial charge in [-0.1, -0.05) is 32.4 Å². The maximum Gasteiger partial charge on any atom is 0.335 e. The molecule has 0 aromatic heterocycles. The van der Waals surface area contributed by atoms with E-state index in [4.69, 9.17) is 10.8 Å². The van der Waals surface area contributed by atoms with Gasteiger partial charge in [-0.15, -0.1) is 0 Å². The van der Waals surface area contributed by atoms with Gasteiger partial charge in [-0.3, -0.25) is 0 Å². The number of hydrogen-bond acceptors (Lipinski definition) is 3. The van der Waals surface area contributed by atoms with Crippen LogP contribution in [0.4, 0.5) is 0 Å². The first-order valence-electron chi connectivity index (χ1n) is 5.74. The van der Waals surface area contributed by atoms with Crippen LogP contribution in [0, 0.1) is 5.92 Å². The number of benzene rings is 1. The smallest absolute Gasteiger partial charge is 0.335 e. The molecular formula is C13H19NO3. The van der Waals surface area contributed by atoms with Crippen molar-refractivity contribution in [2.45, 2.75) is 32.4 Å². The molecule has 0 aliphatic heterocycles. The van der Waals surface area contributed by atoms with Crippen molar-refractivity contribution >= 4 is 5.97 Å². The number of carbonyl (C=O) groups is 1. The lowest BCUT2D eigenvalue weighted by Gasteiger charge is -2.24. The first-order chi connectivity index (χ1) is 7.97. The van der Waals surface area contributed by atoms with Crippen LogP contribution in [0.5, 0.6) is 0 Å². The molecule has 17 heavy (non-hydrogen) atoms. The van der Waals surface area contributed by atoms with Crippen molar-refractivity contribution in [3.05, 3.63) is 35.4 Å². The van der Waals surface area contributed by atoms with E-state index in [1.807, 2.05) is 13.8 Å². The van der Waals surface area contributed by atoms with Gasteiger partial charge in [0.15, 0.2) is 0 Å². The van der Waals surface area contributed by atoms with Crippen LogP contribution in [-0.2, 0) is 0 Å². The zero-order valence-corrected chi connectivity index (χ0v) is 10.1. The molecule has 4 heteroatoms. The second-order valence-electron chi connectivity index (χ2n) is 4.33. The highest BCUT2D eigenvalue weighted by Gasteiger charge is 2.21. The van der Waals surface area contributed by atoms with E-state index in [-0.39, 0.29) is 11.5 Å². The highest BCUT2D eigenvalue weighted by Crippen LogP contribution is 2.21. The standard InChI is InChI=1S/C13H19NO3/c1-3-8(2)12(15)11(14)9-4-6-10(7-5-9)13(16)17/h4-8,11-12,15H,3,14H2,1-2H3,(H,16,17)/t8?,11-,12+/m0/s1. The van der Waals surface area contributed by atoms with Crippen LogP contribution in [0.25, 0.3) is 0 Å². The number of carboxylic acids is 1. The Morgan fingerprint density at radius 3 is 2.29 bits per heavy atom. The lowest BCUT2D eigenvalue weighted by atomic mass is 9.91. The predicted octanol–water partition coefficient (Wildman–Crippen LogP) is 1.79. The van der Waals surface area contributed by atoms with E-state index in [1.54, 1.807) is 12.1 Å². The Morgan fingerprint density at radius 1 is 1.35 bits per heavy atom. The van der Waals surface area contributed by atoms with Gasteiger partial charge in [0.1, 0.15) is 0 Å². The SMILES string of the molecule is CCC(C)[C@@H](O)[C@@H](N)c1ccc(C(=O)O)cc1.